The molecule has 0 fully saturated rings. The number of nitrogens with zero attached hydrogens (tertiary/aromatic N) is 1. The molecule has 0 rings (SSSR count). The van der Waals surface area contributed by atoms with Gasteiger partial charge in [0.2, 0.25) is 13.6 Å². The Kier molecular flexibility index (Phi) is 9.84. The fraction of sp³-hybridized carbons (Fsp3) is 0.688. The van der Waals surface area contributed by atoms with Gasteiger partial charge in [0.1, 0.15) is 0 Å². The van der Waals surface area contributed by atoms with Crippen LogP contribution in [0.4, 0.5) is 9.59 Å². The molecule has 0 radical (unpaired) electrons. The Hall–Kier alpha value is -2.30. The first-order valence-electron chi connectivity index (χ1n) is 7.85. The van der Waals surface area contributed by atoms with E-state index in [0.29, 0.717) is 0 Å². The highest BCUT2D eigenvalue weighted by molar-refractivity contribution is 8.13. The van der Waals surface area contributed by atoms with Crippen LogP contribution in [-0.4, -0.2) is 49.1 Å². The van der Waals surface area contributed by atoms with Crippen molar-refractivity contribution in [2.75, 3.05) is 19.8 Å². The molecule has 0 aromatic carbocycles. The molecule has 0 aromatic rings. The Morgan fingerprint density at radius 1 is 0.815 bits per heavy atom. The quantitative estimate of drug-likeness (QED) is 0.324. The topological polar surface area (TPSA) is 130 Å². The maximum Gasteiger partial charge on any atom is 0.438 e. The summed E-state index contributed by atoms with van der Waals surface area (Å²) in [6.45, 7) is 8.71. The molecular weight excluding hydrogens is 380 g/mol. The molecule has 0 bridgehead atoms. The summed E-state index contributed by atoms with van der Waals surface area (Å²) in [7, 11) is 0. The van der Waals surface area contributed by atoms with E-state index in [4.69, 9.17) is 9.47 Å². The average molecular weight is 406 g/mol. The fourth-order valence-electron chi connectivity index (χ4n) is 1.07. The summed E-state index contributed by atoms with van der Waals surface area (Å²) in [6.07, 6.45) is -0.497. The molecule has 0 aliphatic rings. The third-order valence-corrected chi connectivity index (χ3v) is 3.15. The number of ether oxygens (including phenoxy) is 4. The summed E-state index contributed by atoms with van der Waals surface area (Å²) in [5.74, 6) is -1.08. The number of esters is 2. The Morgan fingerprint density at radius 2 is 1.26 bits per heavy atom. The predicted molar refractivity (Wildman–Crippen MR) is 97.9 cm³/mol. The van der Waals surface area contributed by atoms with Crippen LogP contribution in [0, 0.1) is 10.8 Å². The second-order valence-corrected chi connectivity index (χ2v) is 7.98. The van der Waals surface area contributed by atoms with Crippen molar-refractivity contribution < 1.29 is 38.1 Å². The second-order valence-electron chi connectivity index (χ2n) is 7.19. The van der Waals surface area contributed by atoms with Crippen molar-refractivity contribution in [1.29, 1.82) is 0 Å². The van der Waals surface area contributed by atoms with E-state index in [9.17, 15) is 19.2 Å². The van der Waals surface area contributed by atoms with Crippen LogP contribution in [0.15, 0.2) is 4.99 Å². The number of carbonyl (C=O) groups excluding carboxylic acids is 4. The third-order valence-electron chi connectivity index (χ3n) is 2.57. The van der Waals surface area contributed by atoms with Gasteiger partial charge in [0.25, 0.3) is 0 Å². The number of amides is 2. The summed E-state index contributed by atoms with van der Waals surface area (Å²) >= 11 is 0.936. The number of nitrogens with one attached hydrogen (secondary N) is 1. The summed E-state index contributed by atoms with van der Waals surface area (Å²) in [5, 5.41) is 2.07. The normalized spacial score (nSPS) is 12.0. The third kappa shape index (κ3) is 11.1. The Labute approximate surface area is 162 Å². The van der Waals surface area contributed by atoms with E-state index < -0.39 is 48.5 Å². The van der Waals surface area contributed by atoms with Crippen molar-refractivity contribution in [3.8, 4) is 0 Å². The van der Waals surface area contributed by atoms with E-state index in [2.05, 4.69) is 19.8 Å². The molecule has 0 spiro atoms. The van der Waals surface area contributed by atoms with E-state index in [1.54, 1.807) is 47.8 Å². The van der Waals surface area contributed by atoms with Gasteiger partial charge < -0.3 is 18.9 Å². The largest absolute Gasteiger partial charge is 0.438 e. The summed E-state index contributed by atoms with van der Waals surface area (Å²) in [5.41, 5.74) is -1.46. The lowest BCUT2D eigenvalue weighted by Gasteiger charge is -2.16. The van der Waals surface area contributed by atoms with Gasteiger partial charge >= 0.3 is 24.1 Å². The first-order chi connectivity index (χ1) is 12.3. The zero-order valence-electron chi connectivity index (χ0n) is 16.5. The number of amidine groups is 1. The van der Waals surface area contributed by atoms with Crippen LogP contribution in [0.25, 0.3) is 0 Å². The van der Waals surface area contributed by atoms with Gasteiger partial charge in [-0.2, -0.15) is 4.99 Å². The van der Waals surface area contributed by atoms with Crippen LogP contribution < -0.4 is 5.32 Å². The highest BCUT2D eigenvalue weighted by Gasteiger charge is 2.24. The SMILES string of the molecule is CSC(=NC(=O)OCOC(=O)C(C)(C)C)NC(=O)OCOC(=O)C(C)(C)C. The minimum Gasteiger partial charge on any atom is -0.427 e. The van der Waals surface area contributed by atoms with Crippen molar-refractivity contribution >= 4 is 41.1 Å². The number of alkyl carbamates (subject to hydrolysis) is 1. The summed E-state index contributed by atoms with van der Waals surface area (Å²) < 4.78 is 18.8. The van der Waals surface area contributed by atoms with E-state index in [-0.39, 0.29) is 5.17 Å². The molecule has 2 amide bonds. The van der Waals surface area contributed by atoms with Crippen molar-refractivity contribution in [3.05, 3.63) is 0 Å². The van der Waals surface area contributed by atoms with Gasteiger partial charge in [-0.15, -0.1) is 0 Å². The maximum atomic E-state index is 11.6. The molecule has 0 saturated carbocycles. The standard InChI is InChI=1S/C16H26N2O8S/c1-15(2,3)10(19)23-8-25-13(21)17-12(27-7)18-14(22)26-9-24-11(20)16(4,5)6/h8-9H2,1-7H3,(H,17,18,21,22). The molecule has 10 nitrogen and oxygen atoms in total. The zero-order chi connectivity index (χ0) is 21.3. The smallest absolute Gasteiger partial charge is 0.427 e. The van der Waals surface area contributed by atoms with Gasteiger partial charge in [0, 0.05) is 0 Å². The first kappa shape index (κ1) is 24.7. The molecule has 11 heteroatoms. The van der Waals surface area contributed by atoms with Crippen LogP contribution in [0.2, 0.25) is 0 Å². The lowest BCUT2D eigenvalue weighted by molar-refractivity contribution is -0.162. The van der Waals surface area contributed by atoms with Crippen LogP contribution in [-0.2, 0) is 28.5 Å². The molecule has 0 unspecified atom stereocenters. The van der Waals surface area contributed by atoms with Gasteiger partial charge in [-0.05, 0) is 47.8 Å². The molecule has 0 atom stereocenters. The highest BCUT2D eigenvalue weighted by atomic mass is 32.2. The number of thioether (sulfide) groups is 1. The van der Waals surface area contributed by atoms with Gasteiger partial charge in [-0.3, -0.25) is 14.9 Å². The van der Waals surface area contributed by atoms with E-state index in [1.165, 1.54) is 0 Å². The maximum absolute atomic E-state index is 11.6. The van der Waals surface area contributed by atoms with Crippen LogP contribution >= 0.6 is 11.8 Å². The molecule has 0 aromatic heterocycles. The van der Waals surface area contributed by atoms with Crippen LogP contribution in [0.1, 0.15) is 41.5 Å². The number of rotatable bonds is 4. The van der Waals surface area contributed by atoms with Crippen LogP contribution in [0.5, 0.6) is 0 Å². The molecule has 0 saturated heterocycles. The van der Waals surface area contributed by atoms with Crippen molar-refractivity contribution in [2.24, 2.45) is 15.8 Å². The first-order valence-corrected chi connectivity index (χ1v) is 9.07. The Balaban J connectivity index is 4.37. The average Bonchev–Trinajstić information content (AvgIpc) is 2.52. The zero-order valence-corrected chi connectivity index (χ0v) is 17.4. The second kappa shape index (κ2) is 10.8. The molecule has 0 aliphatic heterocycles. The minimum atomic E-state index is -1.07. The molecule has 0 aliphatic carbocycles. The summed E-state index contributed by atoms with van der Waals surface area (Å²) in [6, 6.07) is 0. The lowest BCUT2D eigenvalue weighted by atomic mass is 9.97. The van der Waals surface area contributed by atoms with Crippen LogP contribution in [0.3, 0.4) is 0 Å². The Bertz CT molecular complexity index is 590. The molecule has 27 heavy (non-hydrogen) atoms. The molecule has 0 heterocycles. The number of hydrogen-bond donors (Lipinski definition) is 1. The minimum absolute atomic E-state index is 0.116. The van der Waals surface area contributed by atoms with E-state index >= 15 is 0 Å². The Morgan fingerprint density at radius 3 is 1.67 bits per heavy atom. The monoisotopic (exact) mass is 406 g/mol. The van der Waals surface area contributed by atoms with E-state index in [1.807, 2.05) is 0 Å². The number of hydrogen-bond acceptors (Lipinski definition) is 9. The molecule has 154 valence electrons. The predicted octanol–water partition coefficient (Wildman–Crippen LogP) is 2.66. The fourth-order valence-corrected chi connectivity index (χ4v) is 1.42. The number of aliphatic imine (C=N–C) groups is 1. The summed E-state index contributed by atoms with van der Waals surface area (Å²) in [4.78, 5) is 49.7. The van der Waals surface area contributed by atoms with Gasteiger partial charge in [-0.25, -0.2) is 9.59 Å². The molecular formula is C16H26N2O8S. The van der Waals surface area contributed by atoms with Crippen molar-refractivity contribution in [3.63, 3.8) is 0 Å². The number of carbonyl (C=O) groups is 4. The van der Waals surface area contributed by atoms with Gasteiger partial charge in [0.15, 0.2) is 5.17 Å². The van der Waals surface area contributed by atoms with Gasteiger partial charge in [0.05, 0.1) is 10.8 Å². The van der Waals surface area contributed by atoms with Crippen molar-refractivity contribution in [2.45, 2.75) is 41.5 Å². The lowest BCUT2D eigenvalue weighted by Crippen LogP contribution is -2.32. The highest BCUT2D eigenvalue weighted by Crippen LogP contribution is 2.15. The van der Waals surface area contributed by atoms with Crippen molar-refractivity contribution in [1.82, 2.24) is 5.32 Å². The molecule has 1 N–H and O–H groups in total. The van der Waals surface area contributed by atoms with Gasteiger partial charge in [-0.1, -0.05) is 11.8 Å². The van der Waals surface area contributed by atoms with E-state index in [0.717, 1.165) is 11.8 Å².